The van der Waals surface area contributed by atoms with E-state index in [4.69, 9.17) is 5.73 Å². The number of hydrogen-bond acceptors (Lipinski definition) is 3. The van der Waals surface area contributed by atoms with Crippen molar-refractivity contribution in [3.63, 3.8) is 0 Å². The molecule has 0 atom stereocenters. The molecule has 0 saturated carbocycles. The Bertz CT molecular complexity index is 603. The number of ketones is 1. The number of rotatable bonds is 5. The average molecular weight is 390 g/mol. The number of nitrogens with one attached hydrogen (secondary N) is 1. The van der Waals surface area contributed by atoms with Crippen molar-refractivity contribution in [1.82, 2.24) is 14.5 Å². The number of nitrogen functional groups attached to an aromatic ring is 1. The van der Waals surface area contributed by atoms with E-state index in [2.05, 4.69) is 41.8 Å². The molecule has 0 spiro atoms. The zero-order valence-electron chi connectivity index (χ0n) is 10.4. The van der Waals surface area contributed by atoms with Gasteiger partial charge in [0, 0.05) is 19.2 Å². The van der Waals surface area contributed by atoms with Gasteiger partial charge in [0.05, 0.1) is 21.0 Å². The number of imidazole rings is 1. The van der Waals surface area contributed by atoms with Gasteiger partial charge in [0.2, 0.25) is 0 Å². The van der Waals surface area contributed by atoms with Crippen LogP contribution in [0.4, 0.5) is 5.95 Å². The maximum absolute atomic E-state index is 12.1. The first-order valence-electron chi connectivity index (χ1n) is 5.82. The maximum Gasteiger partial charge on any atom is 0.197 e. The van der Waals surface area contributed by atoms with E-state index in [9.17, 15) is 4.79 Å². The highest BCUT2D eigenvalue weighted by Crippen LogP contribution is 2.27. The van der Waals surface area contributed by atoms with Crippen LogP contribution < -0.4 is 5.73 Å². The number of carbonyl (C=O) groups is 1. The molecule has 0 unspecified atom stereocenters. The molecule has 0 fully saturated rings. The second-order valence-electron chi connectivity index (χ2n) is 4.30. The Kier molecular flexibility index (Phi) is 4.46. The smallest absolute Gasteiger partial charge is 0.197 e. The molecule has 0 aliphatic rings. The number of anilines is 1. The Hall–Kier alpha value is -1.08. The molecule has 19 heavy (non-hydrogen) atoms. The van der Waals surface area contributed by atoms with Crippen molar-refractivity contribution in [2.75, 3.05) is 5.73 Å². The van der Waals surface area contributed by atoms with Crippen LogP contribution in [0.3, 0.4) is 0 Å². The van der Waals surface area contributed by atoms with Crippen molar-refractivity contribution in [1.29, 1.82) is 0 Å². The van der Waals surface area contributed by atoms with Gasteiger partial charge in [-0.2, -0.15) is 0 Å². The number of halogens is 2. The molecule has 3 N–H and O–H groups in total. The first-order chi connectivity index (χ1) is 8.99. The molecule has 2 heterocycles. The van der Waals surface area contributed by atoms with Gasteiger partial charge in [-0.1, -0.05) is 0 Å². The van der Waals surface area contributed by atoms with Gasteiger partial charge in [0.1, 0.15) is 0 Å². The van der Waals surface area contributed by atoms with Crippen LogP contribution in [0.25, 0.3) is 0 Å². The summed E-state index contributed by atoms with van der Waals surface area (Å²) in [4.78, 5) is 19.0. The molecule has 2 aromatic heterocycles. The second-order valence-corrected chi connectivity index (χ2v) is 5.90. The first-order valence-corrected chi connectivity index (χ1v) is 7.41. The molecule has 0 saturated heterocycles. The van der Waals surface area contributed by atoms with Crippen molar-refractivity contribution in [2.24, 2.45) is 7.05 Å². The summed E-state index contributed by atoms with van der Waals surface area (Å²) >= 11 is 6.81. The number of nitrogens with zero attached hydrogens (tertiary/aromatic N) is 2. The third-order valence-corrected chi connectivity index (χ3v) is 5.00. The zero-order chi connectivity index (χ0) is 14.0. The van der Waals surface area contributed by atoms with Crippen molar-refractivity contribution < 1.29 is 4.79 Å². The quantitative estimate of drug-likeness (QED) is 0.771. The SMILES string of the molecule is Cn1c(C(=O)CCCc2cnc(N)[nH]2)cc(Br)c1Br. The summed E-state index contributed by atoms with van der Waals surface area (Å²) in [6.07, 6.45) is 3.73. The van der Waals surface area contributed by atoms with Gasteiger partial charge in [-0.3, -0.25) is 4.79 Å². The normalized spacial score (nSPS) is 10.9. The number of carbonyl (C=O) groups excluding carboxylic acids is 1. The summed E-state index contributed by atoms with van der Waals surface area (Å²) in [7, 11) is 1.86. The minimum atomic E-state index is 0.126. The molecule has 102 valence electrons. The molecule has 0 aromatic carbocycles. The number of H-pyrrole nitrogens is 1. The molecule has 7 heteroatoms. The Balaban J connectivity index is 1.92. The van der Waals surface area contributed by atoms with Crippen LogP contribution >= 0.6 is 31.9 Å². The highest BCUT2D eigenvalue weighted by molar-refractivity contribution is 9.13. The van der Waals surface area contributed by atoms with Crippen LogP contribution in [0, 0.1) is 0 Å². The molecule has 5 nitrogen and oxygen atoms in total. The number of aromatic nitrogens is 3. The van der Waals surface area contributed by atoms with E-state index >= 15 is 0 Å². The second kappa shape index (κ2) is 5.92. The lowest BCUT2D eigenvalue weighted by Gasteiger charge is -2.03. The van der Waals surface area contributed by atoms with Crippen molar-refractivity contribution in [3.8, 4) is 0 Å². The lowest BCUT2D eigenvalue weighted by Crippen LogP contribution is -2.06. The Labute approximate surface area is 127 Å². The van der Waals surface area contributed by atoms with E-state index in [0.717, 1.165) is 27.6 Å². The minimum Gasteiger partial charge on any atom is -0.369 e. The van der Waals surface area contributed by atoms with Gasteiger partial charge in [-0.25, -0.2) is 4.98 Å². The molecular formula is C12H14Br2N4O. The van der Waals surface area contributed by atoms with E-state index < -0.39 is 0 Å². The third kappa shape index (κ3) is 3.27. The van der Waals surface area contributed by atoms with Crippen molar-refractivity contribution >= 4 is 43.6 Å². The number of hydrogen-bond donors (Lipinski definition) is 2. The van der Waals surface area contributed by atoms with Gasteiger partial charge in [-0.15, -0.1) is 0 Å². The van der Waals surface area contributed by atoms with Gasteiger partial charge in [0.25, 0.3) is 0 Å². The van der Waals surface area contributed by atoms with Crippen LogP contribution in [0.5, 0.6) is 0 Å². The molecule has 0 radical (unpaired) electrons. The predicted molar refractivity (Wildman–Crippen MR) is 81.1 cm³/mol. The fourth-order valence-electron chi connectivity index (χ4n) is 1.88. The largest absolute Gasteiger partial charge is 0.369 e. The summed E-state index contributed by atoms with van der Waals surface area (Å²) in [5, 5.41) is 0. The number of Topliss-reactive ketones (excluding diaryl/α,β-unsaturated/α-hetero) is 1. The monoisotopic (exact) mass is 388 g/mol. The van der Waals surface area contributed by atoms with Crippen LogP contribution in [0.1, 0.15) is 29.0 Å². The van der Waals surface area contributed by atoms with E-state index in [1.807, 2.05) is 17.7 Å². The van der Waals surface area contributed by atoms with Gasteiger partial charge >= 0.3 is 0 Å². The highest BCUT2D eigenvalue weighted by Gasteiger charge is 2.14. The van der Waals surface area contributed by atoms with E-state index in [1.165, 1.54) is 0 Å². The van der Waals surface area contributed by atoms with Gasteiger partial charge in [-0.05, 0) is 50.8 Å². The molecule has 0 amide bonds. The molecule has 0 aliphatic heterocycles. The van der Waals surface area contributed by atoms with Crippen LogP contribution in [-0.2, 0) is 13.5 Å². The fourth-order valence-corrected chi connectivity index (χ4v) is 2.67. The van der Waals surface area contributed by atoms with Crippen molar-refractivity contribution in [2.45, 2.75) is 19.3 Å². The number of aromatic amines is 1. The Morgan fingerprint density at radius 2 is 2.26 bits per heavy atom. The zero-order valence-corrected chi connectivity index (χ0v) is 13.6. The standard InChI is InChI=1S/C12H14Br2N4O/c1-18-9(5-8(13)11(18)14)10(19)4-2-3-7-6-16-12(15)17-7/h5-6H,2-4H2,1H3,(H3,15,16,17). The third-order valence-electron chi connectivity index (χ3n) is 2.90. The summed E-state index contributed by atoms with van der Waals surface area (Å²) < 4.78 is 3.59. The minimum absolute atomic E-state index is 0.126. The number of aryl methyl sites for hydroxylation is 1. The summed E-state index contributed by atoms with van der Waals surface area (Å²) in [5.41, 5.74) is 7.15. The summed E-state index contributed by atoms with van der Waals surface area (Å²) in [5.74, 6) is 0.540. The molecule has 0 aliphatic carbocycles. The highest BCUT2D eigenvalue weighted by atomic mass is 79.9. The number of nitrogens with two attached hydrogens (primary N) is 1. The fraction of sp³-hybridized carbons (Fsp3) is 0.333. The summed E-state index contributed by atoms with van der Waals surface area (Å²) in [6.45, 7) is 0. The lowest BCUT2D eigenvalue weighted by atomic mass is 10.1. The van der Waals surface area contributed by atoms with E-state index in [1.54, 1.807) is 6.20 Å². The van der Waals surface area contributed by atoms with Crippen LogP contribution in [-0.4, -0.2) is 20.3 Å². The van der Waals surface area contributed by atoms with Gasteiger partial charge in [0.15, 0.2) is 11.7 Å². The topological polar surface area (TPSA) is 76.7 Å². The van der Waals surface area contributed by atoms with E-state index in [0.29, 0.717) is 18.1 Å². The van der Waals surface area contributed by atoms with Crippen LogP contribution in [0.15, 0.2) is 21.3 Å². The Morgan fingerprint density at radius 1 is 1.53 bits per heavy atom. The molecular weight excluding hydrogens is 376 g/mol. The van der Waals surface area contributed by atoms with Crippen LogP contribution in [0.2, 0.25) is 0 Å². The molecule has 0 bridgehead atoms. The predicted octanol–water partition coefficient (Wildman–Crippen LogP) is 3.06. The van der Waals surface area contributed by atoms with Gasteiger partial charge < -0.3 is 15.3 Å². The Morgan fingerprint density at radius 3 is 2.79 bits per heavy atom. The van der Waals surface area contributed by atoms with Crippen molar-refractivity contribution in [3.05, 3.63) is 32.7 Å². The molecule has 2 rings (SSSR count). The first kappa shape index (κ1) is 14.3. The van der Waals surface area contributed by atoms with E-state index in [-0.39, 0.29) is 5.78 Å². The molecule has 2 aromatic rings. The average Bonchev–Trinajstić information content (AvgIpc) is 2.89. The lowest BCUT2D eigenvalue weighted by molar-refractivity contribution is 0.0972. The summed E-state index contributed by atoms with van der Waals surface area (Å²) in [6, 6.07) is 1.83. The maximum atomic E-state index is 12.1.